The van der Waals surface area contributed by atoms with E-state index in [0.717, 1.165) is 5.56 Å². The van der Waals surface area contributed by atoms with Crippen molar-refractivity contribution in [2.75, 3.05) is 6.61 Å². The minimum atomic E-state index is -4.72. The highest BCUT2D eigenvalue weighted by atomic mass is 32.3. The zero-order valence-corrected chi connectivity index (χ0v) is 11.2. The molecular weight excluding hydrogens is 267 g/mol. The van der Waals surface area contributed by atoms with Crippen molar-refractivity contribution in [1.82, 2.24) is 0 Å². The van der Waals surface area contributed by atoms with Crippen LogP contribution < -0.4 is 4.74 Å². The summed E-state index contributed by atoms with van der Waals surface area (Å²) >= 11 is 0. The zero-order valence-electron chi connectivity index (χ0n) is 10.3. The van der Waals surface area contributed by atoms with Gasteiger partial charge in [0.15, 0.2) is 0 Å². The molecule has 2 rings (SSSR count). The highest BCUT2D eigenvalue weighted by molar-refractivity contribution is 7.86. The van der Waals surface area contributed by atoms with Crippen molar-refractivity contribution >= 4 is 10.2 Å². The van der Waals surface area contributed by atoms with Crippen molar-refractivity contribution in [3.05, 3.63) is 48.5 Å². The Kier molecular flexibility index (Phi) is 3.85. The van der Waals surface area contributed by atoms with Crippen LogP contribution in [0.3, 0.4) is 0 Å². The Morgan fingerprint density at radius 2 is 1.79 bits per heavy atom. The zero-order chi connectivity index (χ0) is 13.9. The highest BCUT2D eigenvalue weighted by Gasteiger charge is 2.15. The third kappa shape index (κ3) is 3.12. The maximum Gasteiger partial charge on any atom is 0.332 e. The summed E-state index contributed by atoms with van der Waals surface area (Å²) in [5, 5.41) is 0. The van der Waals surface area contributed by atoms with Crippen LogP contribution in [0.1, 0.15) is 6.92 Å². The molecule has 0 spiro atoms. The van der Waals surface area contributed by atoms with E-state index < -0.39 is 10.2 Å². The van der Waals surface area contributed by atoms with Crippen LogP contribution in [0.5, 0.6) is 5.75 Å². The molecule has 5 heteroatoms. The van der Waals surface area contributed by atoms with Crippen molar-refractivity contribution in [3.8, 4) is 16.9 Å². The van der Waals surface area contributed by atoms with Gasteiger partial charge in [-0.25, -0.2) is 0 Å². The van der Waals surface area contributed by atoms with Gasteiger partial charge in [-0.05, 0) is 30.7 Å². The first kappa shape index (κ1) is 13.5. The second-order valence-corrected chi connectivity index (χ2v) is 5.24. The van der Waals surface area contributed by atoms with E-state index in [4.69, 9.17) is 4.74 Å². The molecule has 19 heavy (non-hydrogen) atoms. The van der Waals surface area contributed by atoms with Gasteiger partial charge >= 0.3 is 10.2 Å². The van der Waals surface area contributed by atoms with E-state index in [-0.39, 0.29) is 4.90 Å². The molecule has 0 aromatic heterocycles. The summed E-state index contributed by atoms with van der Waals surface area (Å²) < 4.78 is 40.5. The number of halogens is 1. The normalized spacial score (nSPS) is 11.3. The summed E-state index contributed by atoms with van der Waals surface area (Å²) in [6.07, 6.45) is 0. The van der Waals surface area contributed by atoms with Crippen LogP contribution in [0.2, 0.25) is 0 Å². The summed E-state index contributed by atoms with van der Waals surface area (Å²) in [7, 11) is -4.72. The van der Waals surface area contributed by atoms with E-state index in [1.807, 2.05) is 37.3 Å². The van der Waals surface area contributed by atoms with Gasteiger partial charge in [-0.15, -0.1) is 3.89 Å². The third-order valence-corrected chi connectivity index (χ3v) is 3.43. The summed E-state index contributed by atoms with van der Waals surface area (Å²) in [4.78, 5) is -0.366. The lowest BCUT2D eigenvalue weighted by molar-refractivity contribution is 0.341. The molecule has 0 fully saturated rings. The molecule has 3 nitrogen and oxygen atoms in total. The molecule has 0 saturated carbocycles. The van der Waals surface area contributed by atoms with Gasteiger partial charge < -0.3 is 4.74 Å². The fourth-order valence-corrected chi connectivity index (χ4v) is 2.27. The average Bonchev–Trinajstić information content (AvgIpc) is 2.39. The lowest BCUT2D eigenvalue weighted by atomic mass is 10.0. The van der Waals surface area contributed by atoms with Gasteiger partial charge in [-0.2, -0.15) is 8.42 Å². The standard InChI is InChI=1S/C14H13FO3S/c1-2-18-14-9-8-12(19(15,16)17)10-13(14)11-6-4-3-5-7-11/h3-10H,2H2,1H3. The van der Waals surface area contributed by atoms with Crippen LogP contribution in [0, 0.1) is 0 Å². The Morgan fingerprint density at radius 3 is 2.37 bits per heavy atom. The largest absolute Gasteiger partial charge is 0.493 e. The molecule has 0 radical (unpaired) electrons. The average molecular weight is 280 g/mol. The Morgan fingerprint density at radius 1 is 1.11 bits per heavy atom. The molecule has 0 atom stereocenters. The monoisotopic (exact) mass is 280 g/mol. The molecule has 0 aliphatic heterocycles. The Balaban J connectivity index is 2.61. The lowest BCUT2D eigenvalue weighted by Crippen LogP contribution is -1.97. The van der Waals surface area contributed by atoms with Crippen molar-refractivity contribution in [1.29, 1.82) is 0 Å². The van der Waals surface area contributed by atoms with Crippen molar-refractivity contribution in [2.45, 2.75) is 11.8 Å². The third-order valence-electron chi connectivity index (χ3n) is 2.62. The minimum absolute atomic E-state index is 0.366. The number of benzene rings is 2. The number of ether oxygens (including phenoxy) is 1. The van der Waals surface area contributed by atoms with E-state index in [1.54, 1.807) is 0 Å². The quantitative estimate of drug-likeness (QED) is 0.806. The minimum Gasteiger partial charge on any atom is -0.493 e. The lowest BCUT2D eigenvalue weighted by Gasteiger charge is -2.11. The van der Waals surface area contributed by atoms with Gasteiger partial charge in [0.05, 0.1) is 11.5 Å². The highest BCUT2D eigenvalue weighted by Crippen LogP contribution is 2.32. The van der Waals surface area contributed by atoms with E-state index >= 15 is 0 Å². The topological polar surface area (TPSA) is 43.4 Å². The fourth-order valence-electron chi connectivity index (χ4n) is 1.79. The van der Waals surface area contributed by atoms with Gasteiger partial charge in [0.2, 0.25) is 0 Å². The van der Waals surface area contributed by atoms with Crippen LogP contribution in [-0.4, -0.2) is 15.0 Å². The van der Waals surface area contributed by atoms with Gasteiger partial charge in [0, 0.05) is 5.56 Å². The Hall–Kier alpha value is -1.88. The van der Waals surface area contributed by atoms with Crippen LogP contribution in [0.25, 0.3) is 11.1 Å². The summed E-state index contributed by atoms with van der Waals surface area (Å²) in [6, 6.07) is 13.1. The second-order valence-electron chi connectivity index (χ2n) is 3.89. The van der Waals surface area contributed by atoms with Crippen molar-refractivity contribution in [2.24, 2.45) is 0 Å². The maximum atomic E-state index is 13.1. The molecule has 0 amide bonds. The first-order valence-electron chi connectivity index (χ1n) is 5.79. The molecule has 0 bridgehead atoms. The summed E-state index contributed by atoms with van der Waals surface area (Å²) in [5.74, 6) is 0.529. The number of rotatable bonds is 4. The molecule has 100 valence electrons. The van der Waals surface area contributed by atoms with Crippen LogP contribution in [-0.2, 0) is 10.2 Å². The molecule has 0 unspecified atom stereocenters. The smallest absolute Gasteiger partial charge is 0.332 e. The first-order chi connectivity index (χ1) is 9.02. The van der Waals surface area contributed by atoms with Crippen LogP contribution in [0.4, 0.5) is 3.89 Å². The Labute approximate surface area is 111 Å². The molecule has 2 aromatic carbocycles. The predicted octanol–water partition coefficient (Wildman–Crippen LogP) is 3.41. The maximum absolute atomic E-state index is 13.1. The van der Waals surface area contributed by atoms with Gasteiger partial charge in [-0.1, -0.05) is 30.3 Å². The first-order valence-corrected chi connectivity index (χ1v) is 7.17. The number of hydrogen-bond acceptors (Lipinski definition) is 3. The van der Waals surface area contributed by atoms with E-state index in [9.17, 15) is 12.3 Å². The summed E-state index contributed by atoms with van der Waals surface area (Å²) in [5.41, 5.74) is 1.33. The van der Waals surface area contributed by atoms with Gasteiger partial charge in [0.1, 0.15) is 5.75 Å². The van der Waals surface area contributed by atoms with E-state index in [0.29, 0.717) is 17.9 Å². The Bertz CT molecular complexity index is 666. The van der Waals surface area contributed by atoms with Crippen LogP contribution >= 0.6 is 0 Å². The van der Waals surface area contributed by atoms with Crippen molar-refractivity contribution < 1.29 is 17.0 Å². The van der Waals surface area contributed by atoms with Gasteiger partial charge in [0.25, 0.3) is 0 Å². The fraction of sp³-hybridized carbons (Fsp3) is 0.143. The number of hydrogen-bond donors (Lipinski definition) is 0. The second kappa shape index (κ2) is 5.40. The molecule has 0 saturated heterocycles. The van der Waals surface area contributed by atoms with E-state index in [2.05, 4.69) is 0 Å². The van der Waals surface area contributed by atoms with E-state index in [1.165, 1.54) is 18.2 Å². The SMILES string of the molecule is CCOc1ccc(S(=O)(=O)F)cc1-c1ccccc1. The molecule has 0 aliphatic rings. The van der Waals surface area contributed by atoms with Crippen molar-refractivity contribution in [3.63, 3.8) is 0 Å². The molecule has 2 aromatic rings. The molecule has 0 aliphatic carbocycles. The predicted molar refractivity (Wildman–Crippen MR) is 71.3 cm³/mol. The molecular formula is C14H13FO3S. The summed E-state index contributed by atoms with van der Waals surface area (Å²) in [6.45, 7) is 2.27. The molecule has 0 heterocycles. The van der Waals surface area contributed by atoms with Crippen LogP contribution in [0.15, 0.2) is 53.4 Å². The molecule has 0 N–H and O–H groups in total. The van der Waals surface area contributed by atoms with Gasteiger partial charge in [-0.3, -0.25) is 0 Å².